The number of carbonyl (C=O) groups is 3. The number of amides is 3. The van der Waals surface area contributed by atoms with Gasteiger partial charge in [0, 0.05) is 24.2 Å². The van der Waals surface area contributed by atoms with E-state index < -0.39 is 23.2 Å². The maximum Gasteiger partial charge on any atom is 0.251 e. The van der Waals surface area contributed by atoms with Crippen molar-refractivity contribution < 1.29 is 28.4 Å². The summed E-state index contributed by atoms with van der Waals surface area (Å²) in [6, 6.07) is 11.4. The van der Waals surface area contributed by atoms with Crippen LogP contribution in [0.1, 0.15) is 61.5 Å². The molecule has 0 aromatic heterocycles. The van der Waals surface area contributed by atoms with Gasteiger partial charge in [0.1, 0.15) is 11.4 Å². The van der Waals surface area contributed by atoms with E-state index in [-0.39, 0.29) is 24.8 Å². The lowest BCUT2D eigenvalue weighted by Gasteiger charge is -2.23. The monoisotopic (exact) mass is 559 g/mol. The Labute approximate surface area is 235 Å². The molecule has 2 rings (SSSR count). The summed E-state index contributed by atoms with van der Waals surface area (Å²) >= 11 is 0.546. The summed E-state index contributed by atoms with van der Waals surface area (Å²) in [7, 11) is 3.05. The SMILES string of the molecule is CCCCc1ccc(C(=O)N[C@@H](CNC(=O)Cc2ccc(OC)c(OC)c2)C(=O)NC(CC(C)C)SO)cc1. The molecule has 0 aliphatic rings. The summed E-state index contributed by atoms with van der Waals surface area (Å²) in [6.45, 7) is 5.96. The quantitative estimate of drug-likeness (QED) is 0.179. The standard InChI is InChI=1S/C29H41N3O6S/c1-6-7-8-20-9-12-22(13-10-20)28(34)31-23(29(35)32-27(39-36)15-19(2)3)18-30-26(33)17-21-11-14-24(37-4)25(16-21)38-5/h9-14,16,19,23,27,36H,6-8,15,17-18H2,1-5H3,(H,30,33)(H,31,34)(H,32,35)/t23-,27?/m0/s1. The number of unbranched alkanes of at least 4 members (excludes halogenated alkanes) is 1. The van der Waals surface area contributed by atoms with Crippen molar-refractivity contribution in [3.63, 3.8) is 0 Å². The lowest BCUT2D eigenvalue weighted by Crippen LogP contribution is -2.54. The molecule has 2 aromatic rings. The number of methoxy groups -OCH3 is 2. The molecule has 9 nitrogen and oxygen atoms in total. The molecule has 0 aliphatic heterocycles. The van der Waals surface area contributed by atoms with Crippen molar-refractivity contribution in [2.75, 3.05) is 20.8 Å². The van der Waals surface area contributed by atoms with Gasteiger partial charge in [0.25, 0.3) is 5.91 Å². The molecular weight excluding hydrogens is 518 g/mol. The van der Waals surface area contributed by atoms with Crippen molar-refractivity contribution >= 4 is 29.8 Å². The van der Waals surface area contributed by atoms with Gasteiger partial charge in [-0.05, 0) is 60.6 Å². The average Bonchev–Trinajstić information content (AvgIpc) is 2.93. The lowest BCUT2D eigenvalue weighted by atomic mass is 10.1. The maximum absolute atomic E-state index is 13.1. The average molecular weight is 560 g/mol. The van der Waals surface area contributed by atoms with Crippen LogP contribution in [0.15, 0.2) is 42.5 Å². The van der Waals surface area contributed by atoms with E-state index in [1.807, 2.05) is 26.0 Å². The predicted molar refractivity (Wildman–Crippen MR) is 154 cm³/mol. The van der Waals surface area contributed by atoms with E-state index in [4.69, 9.17) is 9.47 Å². The summed E-state index contributed by atoms with van der Waals surface area (Å²) in [5, 5.41) is 7.70. The van der Waals surface area contributed by atoms with Gasteiger partial charge in [0.2, 0.25) is 11.8 Å². The van der Waals surface area contributed by atoms with E-state index in [1.54, 1.807) is 30.3 Å². The Balaban J connectivity index is 2.11. The minimum absolute atomic E-state index is 0.0460. The number of rotatable bonds is 16. The fourth-order valence-corrected chi connectivity index (χ4v) is 4.56. The number of carbonyl (C=O) groups excluding carboxylic acids is 3. The van der Waals surface area contributed by atoms with Gasteiger partial charge in [-0.25, -0.2) is 0 Å². The normalized spacial score (nSPS) is 12.4. The molecule has 1 unspecified atom stereocenters. The molecule has 0 heterocycles. The third-order valence-electron chi connectivity index (χ3n) is 6.09. The Bertz CT molecular complexity index is 1080. The van der Waals surface area contributed by atoms with Crippen molar-refractivity contribution in [3.8, 4) is 11.5 Å². The Hall–Kier alpha value is -3.24. The summed E-state index contributed by atoms with van der Waals surface area (Å²) in [4.78, 5) is 38.9. The highest BCUT2D eigenvalue weighted by molar-refractivity contribution is 7.94. The van der Waals surface area contributed by atoms with Crippen molar-refractivity contribution in [1.29, 1.82) is 0 Å². The van der Waals surface area contributed by atoms with Crippen molar-refractivity contribution in [2.45, 2.75) is 64.3 Å². The van der Waals surface area contributed by atoms with Crippen LogP contribution in [0.4, 0.5) is 0 Å². The van der Waals surface area contributed by atoms with Gasteiger partial charge in [-0.2, -0.15) is 0 Å². The molecule has 0 fully saturated rings. The molecule has 0 saturated heterocycles. The number of aryl methyl sites for hydroxylation is 1. The Morgan fingerprint density at radius 1 is 0.949 bits per heavy atom. The van der Waals surface area contributed by atoms with Gasteiger partial charge in [-0.1, -0.05) is 45.4 Å². The van der Waals surface area contributed by atoms with E-state index in [2.05, 4.69) is 22.9 Å². The minimum atomic E-state index is -1.05. The van der Waals surface area contributed by atoms with Gasteiger partial charge >= 0.3 is 0 Å². The zero-order chi connectivity index (χ0) is 28.8. The molecule has 0 saturated carbocycles. The van der Waals surface area contributed by atoms with Crippen LogP contribution in [0.5, 0.6) is 11.5 Å². The van der Waals surface area contributed by atoms with Crippen LogP contribution in [-0.4, -0.2) is 54.5 Å². The van der Waals surface area contributed by atoms with Crippen LogP contribution in [0.3, 0.4) is 0 Å². The topological polar surface area (TPSA) is 126 Å². The molecule has 4 N–H and O–H groups in total. The van der Waals surface area contributed by atoms with Gasteiger partial charge in [0.05, 0.1) is 20.6 Å². The van der Waals surface area contributed by atoms with E-state index in [1.165, 1.54) is 14.2 Å². The molecule has 0 aliphatic carbocycles. The largest absolute Gasteiger partial charge is 0.493 e. The number of nitrogens with one attached hydrogen (secondary N) is 3. The smallest absolute Gasteiger partial charge is 0.251 e. The first-order valence-corrected chi connectivity index (χ1v) is 14.0. The van der Waals surface area contributed by atoms with Crippen LogP contribution < -0.4 is 25.4 Å². The first kappa shape index (κ1) is 32.0. The van der Waals surface area contributed by atoms with Crippen LogP contribution in [0.25, 0.3) is 0 Å². The van der Waals surface area contributed by atoms with Gasteiger partial charge in [0.15, 0.2) is 11.5 Å². The molecule has 214 valence electrons. The first-order chi connectivity index (χ1) is 18.7. The van der Waals surface area contributed by atoms with E-state index in [0.29, 0.717) is 41.1 Å². The second-order valence-corrected chi connectivity index (χ2v) is 10.5. The highest BCUT2D eigenvalue weighted by atomic mass is 32.2. The molecular formula is C29H41N3O6S. The highest BCUT2D eigenvalue weighted by Gasteiger charge is 2.25. The van der Waals surface area contributed by atoms with Gasteiger partial charge < -0.3 is 30.0 Å². The number of ether oxygens (including phenoxy) is 2. The minimum Gasteiger partial charge on any atom is -0.493 e. The van der Waals surface area contributed by atoms with Gasteiger partial charge in [-0.15, -0.1) is 0 Å². The van der Waals surface area contributed by atoms with Crippen molar-refractivity contribution in [3.05, 3.63) is 59.2 Å². The van der Waals surface area contributed by atoms with Crippen LogP contribution >= 0.6 is 12.0 Å². The fourth-order valence-electron chi connectivity index (χ4n) is 3.92. The second kappa shape index (κ2) is 16.7. The first-order valence-electron chi connectivity index (χ1n) is 13.2. The molecule has 0 radical (unpaired) electrons. The molecule has 0 spiro atoms. The molecule has 39 heavy (non-hydrogen) atoms. The van der Waals surface area contributed by atoms with E-state index >= 15 is 0 Å². The lowest BCUT2D eigenvalue weighted by molar-refractivity contribution is -0.124. The maximum atomic E-state index is 13.1. The Morgan fingerprint density at radius 2 is 1.62 bits per heavy atom. The molecule has 3 amide bonds. The third kappa shape index (κ3) is 10.8. The summed E-state index contributed by atoms with van der Waals surface area (Å²) in [5.74, 6) is 0.0353. The van der Waals surface area contributed by atoms with Crippen LogP contribution in [0, 0.1) is 5.92 Å². The highest BCUT2D eigenvalue weighted by Crippen LogP contribution is 2.27. The molecule has 0 bridgehead atoms. The van der Waals surface area contributed by atoms with Crippen molar-refractivity contribution in [2.24, 2.45) is 5.92 Å². The predicted octanol–water partition coefficient (Wildman–Crippen LogP) is 4.20. The zero-order valence-corrected chi connectivity index (χ0v) is 24.2. The van der Waals surface area contributed by atoms with E-state index in [0.717, 1.165) is 24.8 Å². The zero-order valence-electron chi connectivity index (χ0n) is 23.4. The molecule has 10 heteroatoms. The Kier molecular flexibility index (Phi) is 13.7. The Morgan fingerprint density at radius 3 is 2.21 bits per heavy atom. The number of hydrogen-bond acceptors (Lipinski definition) is 7. The molecule has 2 atom stereocenters. The molecule has 2 aromatic carbocycles. The summed E-state index contributed by atoms with van der Waals surface area (Å²) < 4.78 is 20.2. The van der Waals surface area contributed by atoms with E-state index in [9.17, 15) is 18.9 Å². The number of benzene rings is 2. The summed E-state index contributed by atoms with van der Waals surface area (Å²) in [5.41, 5.74) is 2.26. The number of hydrogen-bond donors (Lipinski definition) is 4. The van der Waals surface area contributed by atoms with Crippen molar-refractivity contribution in [1.82, 2.24) is 16.0 Å². The second-order valence-electron chi connectivity index (χ2n) is 9.73. The summed E-state index contributed by atoms with van der Waals surface area (Å²) in [6.07, 6.45) is 3.67. The van der Waals surface area contributed by atoms with Crippen LogP contribution in [-0.2, 0) is 22.4 Å². The third-order valence-corrected chi connectivity index (χ3v) is 6.65. The van der Waals surface area contributed by atoms with Gasteiger partial charge in [-0.3, -0.25) is 14.4 Å². The van der Waals surface area contributed by atoms with Crippen LogP contribution in [0.2, 0.25) is 0 Å². The fraction of sp³-hybridized carbons (Fsp3) is 0.483.